The SMILES string of the molecule is CC1(C)CCCC(N)(Cc2cccs2)CC1. The van der Waals surface area contributed by atoms with Crippen LogP contribution in [-0.2, 0) is 6.42 Å². The minimum Gasteiger partial charge on any atom is -0.325 e. The molecule has 1 aromatic heterocycles. The number of thiophene rings is 1. The monoisotopic (exact) mass is 237 g/mol. The molecule has 1 heterocycles. The van der Waals surface area contributed by atoms with Gasteiger partial charge in [-0.3, -0.25) is 0 Å². The normalized spacial score (nSPS) is 29.9. The Bertz CT molecular complexity index is 329. The molecule has 0 saturated heterocycles. The molecule has 16 heavy (non-hydrogen) atoms. The highest BCUT2D eigenvalue weighted by atomic mass is 32.1. The van der Waals surface area contributed by atoms with Gasteiger partial charge in [0.05, 0.1) is 0 Å². The largest absolute Gasteiger partial charge is 0.325 e. The first-order chi connectivity index (χ1) is 7.49. The van der Waals surface area contributed by atoms with Crippen LogP contribution in [0.3, 0.4) is 0 Å². The van der Waals surface area contributed by atoms with E-state index in [4.69, 9.17) is 5.73 Å². The topological polar surface area (TPSA) is 26.0 Å². The van der Waals surface area contributed by atoms with Crippen molar-refractivity contribution < 1.29 is 0 Å². The fourth-order valence-corrected chi connectivity index (χ4v) is 3.55. The molecule has 0 aromatic carbocycles. The van der Waals surface area contributed by atoms with Crippen LogP contribution in [0.15, 0.2) is 17.5 Å². The van der Waals surface area contributed by atoms with Gasteiger partial charge in [0, 0.05) is 10.4 Å². The predicted octanol–water partition coefficient (Wildman–Crippen LogP) is 3.98. The van der Waals surface area contributed by atoms with E-state index >= 15 is 0 Å². The van der Waals surface area contributed by atoms with E-state index in [9.17, 15) is 0 Å². The predicted molar refractivity (Wildman–Crippen MR) is 71.8 cm³/mol. The van der Waals surface area contributed by atoms with Gasteiger partial charge in [-0.25, -0.2) is 0 Å². The lowest BCUT2D eigenvalue weighted by molar-refractivity contribution is 0.297. The average molecular weight is 237 g/mol. The van der Waals surface area contributed by atoms with Crippen molar-refractivity contribution in [1.29, 1.82) is 0 Å². The zero-order chi connectivity index (χ0) is 11.6. The van der Waals surface area contributed by atoms with Crippen molar-refractivity contribution in [2.24, 2.45) is 11.1 Å². The molecule has 0 bridgehead atoms. The van der Waals surface area contributed by atoms with Crippen molar-refractivity contribution in [3.63, 3.8) is 0 Å². The molecule has 1 fully saturated rings. The molecular weight excluding hydrogens is 214 g/mol. The van der Waals surface area contributed by atoms with Crippen molar-refractivity contribution in [2.45, 2.75) is 57.9 Å². The fourth-order valence-electron chi connectivity index (χ4n) is 2.69. The fraction of sp³-hybridized carbons (Fsp3) is 0.714. The van der Waals surface area contributed by atoms with Gasteiger partial charge in [0.1, 0.15) is 0 Å². The molecule has 90 valence electrons. The molecule has 1 aliphatic rings. The van der Waals surface area contributed by atoms with Crippen molar-refractivity contribution in [3.05, 3.63) is 22.4 Å². The molecule has 1 aliphatic carbocycles. The first kappa shape index (κ1) is 12.1. The van der Waals surface area contributed by atoms with Gasteiger partial charge >= 0.3 is 0 Å². The standard InChI is InChI=1S/C14H23NS/c1-13(2)6-4-7-14(15,9-8-13)11-12-5-3-10-16-12/h3,5,10H,4,6-9,11,15H2,1-2H3. The van der Waals surface area contributed by atoms with Crippen molar-refractivity contribution in [2.75, 3.05) is 0 Å². The maximum Gasteiger partial charge on any atom is 0.0203 e. The van der Waals surface area contributed by atoms with Crippen LogP contribution in [0.2, 0.25) is 0 Å². The Labute approximate surface area is 103 Å². The van der Waals surface area contributed by atoms with Gasteiger partial charge in [-0.2, -0.15) is 0 Å². The first-order valence-corrected chi connectivity index (χ1v) is 7.18. The number of nitrogens with two attached hydrogens (primary N) is 1. The summed E-state index contributed by atoms with van der Waals surface area (Å²) in [5.41, 5.74) is 7.13. The molecule has 1 atom stereocenters. The molecule has 1 saturated carbocycles. The van der Waals surface area contributed by atoms with E-state index in [0.717, 1.165) is 6.42 Å². The maximum atomic E-state index is 6.58. The average Bonchev–Trinajstić information content (AvgIpc) is 2.63. The van der Waals surface area contributed by atoms with Crippen molar-refractivity contribution in [1.82, 2.24) is 0 Å². The van der Waals surface area contributed by atoms with Gasteiger partial charge in [0.2, 0.25) is 0 Å². The summed E-state index contributed by atoms with van der Waals surface area (Å²) in [5.74, 6) is 0. The van der Waals surface area contributed by atoms with Crippen LogP contribution in [0.5, 0.6) is 0 Å². The molecule has 2 heteroatoms. The highest BCUT2D eigenvalue weighted by Gasteiger charge is 2.32. The lowest BCUT2D eigenvalue weighted by Gasteiger charge is -2.28. The summed E-state index contributed by atoms with van der Waals surface area (Å²) in [7, 11) is 0. The van der Waals surface area contributed by atoms with Crippen LogP contribution in [0.25, 0.3) is 0 Å². The number of rotatable bonds is 2. The third kappa shape index (κ3) is 3.08. The summed E-state index contributed by atoms with van der Waals surface area (Å²) >= 11 is 1.84. The zero-order valence-corrected chi connectivity index (χ0v) is 11.3. The molecule has 2 rings (SSSR count). The second kappa shape index (κ2) is 4.50. The molecule has 1 unspecified atom stereocenters. The van der Waals surface area contributed by atoms with E-state index in [0.29, 0.717) is 5.41 Å². The number of hydrogen-bond acceptors (Lipinski definition) is 2. The second-order valence-electron chi connectivity index (χ2n) is 6.14. The van der Waals surface area contributed by atoms with Gasteiger partial charge in [-0.15, -0.1) is 11.3 Å². The van der Waals surface area contributed by atoms with Crippen LogP contribution in [0, 0.1) is 5.41 Å². The van der Waals surface area contributed by atoms with Crippen molar-refractivity contribution in [3.8, 4) is 0 Å². The van der Waals surface area contributed by atoms with E-state index < -0.39 is 0 Å². The molecule has 1 aromatic rings. The third-order valence-corrected chi connectivity index (χ3v) is 4.81. The molecule has 2 N–H and O–H groups in total. The summed E-state index contributed by atoms with van der Waals surface area (Å²) < 4.78 is 0. The summed E-state index contributed by atoms with van der Waals surface area (Å²) in [5, 5.41) is 2.15. The Kier molecular flexibility index (Phi) is 3.41. The van der Waals surface area contributed by atoms with Crippen LogP contribution in [0.1, 0.15) is 50.8 Å². The first-order valence-electron chi connectivity index (χ1n) is 6.31. The quantitative estimate of drug-likeness (QED) is 0.774. The highest BCUT2D eigenvalue weighted by Crippen LogP contribution is 2.38. The Balaban J connectivity index is 2.02. The summed E-state index contributed by atoms with van der Waals surface area (Å²) in [4.78, 5) is 1.45. The molecule has 0 spiro atoms. The molecular formula is C14H23NS. The zero-order valence-electron chi connectivity index (χ0n) is 10.5. The van der Waals surface area contributed by atoms with Gasteiger partial charge in [-0.05, 0) is 49.0 Å². The Morgan fingerprint density at radius 3 is 2.75 bits per heavy atom. The van der Waals surface area contributed by atoms with Crippen molar-refractivity contribution >= 4 is 11.3 Å². The van der Waals surface area contributed by atoms with E-state index in [1.54, 1.807) is 0 Å². The van der Waals surface area contributed by atoms with Crippen LogP contribution in [-0.4, -0.2) is 5.54 Å². The van der Waals surface area contributed by atoms with Gasteiger partial charge in [0.15, 0.2) is 0 Å². The summed E-state index contributed by atoms with van der Waals surface area (Å²) in [6, 6.07) is 4.35. The Morgan fingerprint density at radius 1 is 1.25 bits per heavy atom. The van der Waals surface area contributed by atoms with Gasteiger partial charge in [0.25, 0.3) is 0 Å². The van der Waals surface area contributed by atoms with Crippen LogP contribution >= 0.6 is 11.3 Å². The van der Waals surface area contributed by atoms with E-state index in [1.165, 1.54) is 37.0 Å². The van der Waals surface area contributed by atoms with Crippen LogP contribution in [0.4, 0.5) is 0 Å². The summed E-state index contributed by atoms with van der Waals surface area (Å²) in [6.45, 7) is 4.76. The minimum atomic E-state index is 0.0542. The minimum absolute atomic E-state index is 0.0542. The van der Waals surface area contributed by atoms with E-state index in [-0.39, 0.29) is 5.54 Å². The summed E-state index contributed by atoms with van der Waals surface area (Å²) in [6.07, 6.45) is 7.33. The third-order valence-electron chi connectivity index (χ3n) is 3.93. The van der Waals surface area contributed by atoms with E-state index in [2.05, 4.69) is 31.4 Å². The Hall–Kier alpha value is -0.340. The molecule has 0 amide bonds. The molecule has 0 aliphatic heterocycles. The lowest BCUT2D eigenvalue weighted by atomic mass is 9.82. The second-order valence-corrected chi connectivity index (χ2v) is 7.17. The lowest BCUT2D eigenvalue weighted by Crippen LogP contribution is -2.41. The van der Waals surface area contributed by atoms with Crippen LogP contribution < -0.4 is 5.73 Å². The smallest absolute Gasteiger partial charge is 0.0203 e. The van der Waals surface area contributed by atoms with E-state index in [1.807, 2.05) is 11.3 Å². The van der Waals surface area contributed by atoms with Gasteiger partial charge in [-0.1, -0.05) is 26.3 Å². The van der Waals surface area contributed by atoms with Gasteiger partial charge < -0.3 is 5.73 Å². The molecule has 0 radical (unpaired) electrons. The number of hydrogen-bond donors (Lipinski definition) is 1. The Morgan fingerprint density at radius 2 is 2.06 bits per heavy atom. The maximum absolute atomic E-state index is 6.58. The highest BCUT2D eigenvalue weighted by molar-refractivity contribution is 7.09. The molecule has 1 nitrogen and oxygen atoms in total.